The average molecular weight is 449 g/mol. The van der Waals surface area contributed by atoms with Crippen LogP contribution in [0.15, 0.2) is 66.7 Å². The van der Waals surface area contributed by atoms with Crippen molar-refractivity contribution in [1.82, 2.24) is 4.90 Å². The minimum absolute atomic E-state index is 0.0510. The number of halogens is 1. The molecule has 172 valence electrons. The zero-order valence-electron chi connectivity index (χ0n) is 18.6. The van der Waals surface area contributed by atoms with E-state index in [0.29, 0.717) is 12.4 Å². The molecule has 0 spiro atoms. The molecule has 0 aliphatic carbocycles. The molecule has 1 fully saturated rings. The van der Waals surface area contributed by atoms with Crippen molar-refractivity contribution in [3.05, 3.63) is 89.2 Å². The maximum Gasteiger partial charge on any atom is 0.165 e. The van der Waals surface area contributed by atoms with E-state index in [1.165, 1.54) is 25.0 Å². The summed E-state index contributed by atoms with van der Waals surface area (Å²) in [7, 11) is 0. The van der Waals surface area contributed by atoms with Crippen LogP contribution in [0, 0.1) is 5.82 Å². The Morgan fingerprint density at radius 3 is 2.42 bits per heavy atom. The molecule has 0 radical (unpaired) electrons. The number of nitrogens with zero attached hydrogens (tertiary/aromatic N) is 2. The third-order valence-corrected chi connectivity index (χ3v) is 6.55. The molecule has 0 bridgehead atoms. The third kappa shape index (κ3) is 4.97. The van der Waals surface area contributed by atoms with E-state index in [1.54, 1.807) is 6.07 Å². The van der Waals surface area contributed by atoms with E-state index in [9.17, 15) is 9.50 Å². The summed E-state index contributed by atoms with van der Waals surface area (Å²) in [5, 5.41) is 9.98. The van der Waals surface area contributed by atoms with Crippen LogP contribution in [0.1, 0.15) is 35.6 Å². The highest BCUT2D eigenvalue weighted by Crippen LogP contribution is 2.39. The van der Waals surface area contributed by atoms with Crippen molar-refractivity contribution in [1.29, 1.82) is 0 Å². The summed E-state index contributed by atoms with van der Waals surface area (Å²) in [6, 6.07) is 20.1. The fourth-order valence-corrected chi connectivity index (χ4v) is 4.87. The summed E-state index contributed by atoms with van der Waals surface area (Å²) < 4.78 is 13.5. The van der Waals surface area contributed by atoms with E-state index in [4.69, 9.17) is 9.78 Å². The van der Waals surface area contributed by atoms with Gasteiger partial charge in [0.1, 0.15) is 18.2 Å². The van der Waals surface area contributed by atoms with Crippen molar-refractivity contribution in [3.8, 4) is 11.5 Å². The Hall–Kier alpha value is -3.09. The van der Waals surface area contributed by atoms with Crippen molar-refractivity contribution in [3.63, 3.8) is 0 Å². The SMILES string of the molecule is Oc1ccc2c(c1)CCN(c1ccc(F)cc1)C2c1ccc(OOCCN2CCCC2)cc1. The Morgan fingerprint density at radius 2 is 1.67 bits per heavy atom. The molecule has 5 nitrogen and oxygen atoms in total. The van der Waals surface area contributed by atoms with Gasteiger partial charge in [0.15, 0.2) is 5.75 Å². The Kier molecular flexibility index (Phi) is 6.46. The first kappa shape index (κ1) is 21.7. The number of anilines is 1. The van der Waals surface area contributed by atoms with E-state index in [1.807, 2.05) is 48.5 Å². The maximum atomic E-state index is 13.5. The van der Waals surface area contributed by atoms with Gasteiger partial charge < -0.3 is 19.8 Å². The molecule has 2 heterocycles. The summed E-state index contributed by atoms with van der Waals surface area (Å²) in [5.74, 6) is 0.691. The molecule has 6 heteroatoms. The van der Waals surface area contributed by atoms with Crippen LogP contribution in [-0.2, 0) is 11.3 Å². The Balaban J connectivity index is 1.34. The summed E-state index contributed by atoms with van der Waals surface area (Å²) in [6.45, 7) is 4.48. The summed E-state index contributed by atoms with van der Waals surface area (Å²) in [5.41, 5.74) is 4.32. The van der Waals surface area contributed by atoms with Gasteiger partial charge in [0.05, 0.1) is 6.04 Å². The summed E-state index contributed by atoms with van der Waals surface area (Å²) in [4.78, 5) is 15.6. The van der Waals surface area contributed by atoms with E-state index in [-0.39, 0.29) is 17.6 Å². The molecule has 2 aliphatic rings. The standard InChI is InChI=1S/C27H29FN2O3/c28-22-5-7-23(8-6-22)30-16-13-21-19-24(31)9-12-26(21)27(30)20-3-10-25(11-4-20)33-32-18-17-29-14-1-2-15-29/h3-12,19,27,31H,1-2,13-18H2. The van der Waals surface area contributed by atoms with Crippen molar-refractivity contribution < 1.29 is 19.3 Å². The minimum Gasteiger partial charge on any atom is -0.508 e. The lowest BCUT2D eigenvalue weighted by molar-refractivity contribution is -0.208. The minimum atomic E-state index is -0.246. The van der Waals surface area contributed by atoms with Gasteiger partial charge in [-0.1, -0.05) is 18.2 Å². The Bertz CT molecular complexity index is 1070. The van der Waals surface area contributed by atoms with E-state index >= 15 is 0 Å². The van der Waals surface area contributed by atoms with Gasteiger partial charge in [0.2, 0.25) is 0 Å². The second kappa shape index (κ2) is 9.81. The van der Waals surface area contributed by atoms with E-state index in [2.05, 4.69) is 9.80 Å². The number of hydrogen-bond acceptors (Lipinski definition) is 5. The van der Waals surface area contributed by atoms with Gasteiger partial charge in [-0.25, -0.2) is 4.39 Å². The Labute approximate surface area is 193 Å². The number of phenolic OH excluding ortho intramolecular Hbond substituents is 1. The molecular weight excluding hydrogens is 419 g/mol. The van der Waals surface area contributed by atoms with Gasteiger partial charge in [0.25, 0.3) is 0 Å². The normalized spacial score (nSPS) is 18.3. The van der Waals surface area contributed by atoms with Crippen molar-refractivity contribution in [2.24, 2.45) is 0 Å². The zero-order chi connectivity index (χ0) is 22.6. The largest absolute Gasteiger partial charge is 0.508 e. The zero-order valence-corrected chi connectivity index (χ0v) is 18.6. The van der Waals surface area contributed by atoms with Crippen LogP contribution < -0.4 is 9.79 Å². The van der Waals surface area contributed by atoms with E-state index in [0.717, 1.165) is 55.0 Å². The number of rotatable bonds is 7. The highest BCUT2D eigenvalue weighted by molar-refractivity contribution is 5.57. The lowest BCUT2D eigenvalue weighted by Crippen LogP contribution is -2.36. The summed E-state index contributed by atoms with van der Waals surface area (Å²) >= 11 is 0. The highest BCUT2D eigenvalue weighted by atomic mass is 19.1. The lowest BCUT2D eigenvalue weighted by atomic mass is 9.87. The van der Waals surface area contributed by atoms with Crippen LogP contribution in [0.2, 0.25) is 0 Å². The molecule has 3 aromatic rings. The van der Waals surface area contributed by atoms with Crippen LogP contribution >= 0.6 is 0 Å². The molecule has 0 amide bonds. The monoisotopic (exact) mass is 448 g/mol. The van der Waals surface area contributed by atoms with Gasteiger partial charge in [-0.3, -0.25) is 0 Å². The average Bonchev–Trinajstić information content (AvgIpc) is 3.36. The first-order chi connectivity index (χ1) is 16.2. The lowest BCUT2D eigenvalue weighted by Gasteiger charge is -2.39. The van der Waals surface area contributed by atoms with Gasteiger partial charge in [-0.15, -0.1) is 0 Å². The van der Waals surface area contributed by atoms with Crippen LogP contribution in [0.4, 0.5) is 10.1 Å². The molecule has 0 aromatic heterocycles. The highest BCUT2D eigenvalue weighted by Gasteiger charge is 2.29. The second-order valence-electron chi connectivity index (χ2n) is 8.73. The van der Waals surface area contributed by atoms with Crippen LogP contribution in [-0.4, -0.2) is 42.8 Å². The molecule has 1 unspecified atom stereocenters. The number of aromatic hydroxyl groups is 1. The predicted molar refractivity (Wildman–Crippen MR) is 126 cm³/mol. The molecule has 0 saturated carbocycles. The molecule has 5 rings (SSSR count). The molecule has 1 saturated heterocycles. The fraction of sp³-hybridized carbons (Fsp3) is 0.333. The number of fused-ring (bicyclic) bond motifs is 1. The number of phenols is 1. The molecule has 33 heavy (non-hydrogen) atoms. The van der Waals surface area contributed by atoms with Crippen LogP contribution in [0.25, 0.3) is 0 Å². The van der Waals surface area contributed by atoms with Crippen molar-refractivity contribution in [2.45, 2.75) is 25.3 Å². The fourth-order valence-electron chi connectivity index (χ4n) is 4.87. The first-order valence-corrected chi connectivity index (χ1v) is 11.6. The van der Waals surface area contributed by atoms with Gasteiger partial charge in [-0.2, -0.15) is 4.89 Å². The molecule has 1 N–H and O–H groups in total. The quantitative estimate of drug-likeness (QED) is 0.310. The predicted octanol–water partition coefficient (Wildman–Crippen LogP) is 5.09. The van der Waals surface area contributed by atoms with Crippen molar-refractivity contribution in [2.75, 3.05) is 37.7 Å². The third-order valence-electron chi connectivity index (χ3n) is 6.55. The van der Waals surface area contributed by atoms with Gasteiger partial charge in [0, 0.05) is 18.8 Å². The van der Waals surface area contributed by atoms with Crippen LogP contribution in [0.5, 0.6) is 11.5 Å². The van der Waals surface area contributed by atoms with Gasteiger partial charge >= 0.3 is 0 Å². The van der Waals surface area contributed by atoms with Gasteiger partial charge in [-0.05, 0) is 97.6 Å². The number of likely N-dealkylation sites (tertiary alicyclic amines) is 1. The topological polar surface area (TPSA) is 45.2 Å². The Morgan fingerprint density at radius 1 is 0.909 bits per heavy atom. The van der Waals surface area contributed by atoms with Crippen molar-refractivity contribution >= 4 is 5.69 Å². The number of benzene rings is 3. The summed E-state index contributed by atoms with van der Waals surface area (Å²) in [6.07, 6.45) is 3.34. The molecule has 1 atom stereocenters. The molecule has 3 aromatic carbocycles. The number of hydrogen-bond donors (Lipinski definition) is 1. The maximum absolute atomic E-state index is 13.5. The molecular formula is C27H29FN2O3. The second-order valence-corrected chi connectivity index (χ2v) is 8.73. The first-order valence-electron chi connectivity index (χ1n) is 11.6. The molecule has 2 aliphatic heterocycles. The van der Waals surface area contributed by atoms with Crippen LogP contribution in [0.3, 0.4) is 0 Å². The smallest absolute Gasteiger partial charge is 0.165 e. The van der Waals surface area contributed by atoms with E-state index < -0.39 is 0 Å².